The van der Waals surface area contributed by atoms with E-state index in [-0.39, 0.29) is 31.1 Å². The van der Waals surface area contributed by atoms with Crippen LogP contribution in [0.25, 0.3) is 0 Å². The Morgan fingerprint density at radius 2 is 0.550 bits per heavy atom. The molecule has 0 aliphatic heterocycles. The standard InChI is InChI=1S/C54H104O6/c1-5-7-9-11-13-15-16-17-18-19-20-21-22-26-30-34-38-42-46-53(56)59-49-51(48-58-52(55)45-41-37-33-28-14-12-10-8-6-2)60-54(57)47-43-39-35-31-27-24-23-25-29-32-36-40-44-50(3)4/h50-51H,5-49H2,1-4H3/t51-/m1/s1. The van der Waals surface area contributed by atoms with Crippen molar-refractivity contribution >= 4 is 17.9 Å². The molecule has 0 rings (SSSR count). The van der Waals surface area contributed by atoms with Crippen LogP contribution in [0.5, 0.6) is 0 Å². The zero-order chi connectivity index (χ0) is 43.8. The van der Waals surface area contributed by atoms with E-state index in [9.17, 15) is 14.4 Å². The summed E-state index contributed by atoms with van der Waals surface area (Å²) in [5.41, 5.74) is 0. The third-order valence-electron chi connectivity index (χ3n) is 12.3. The van der Waals surface area contributed by atoms with E-state index in [1.807, 2.05) is 0 Å². The number of hydrogen-bond donors (Lipinski definition) is 0. The van der Waals surface area contributed by atoms with Gasteiger partial charge in [0.15, 0.2) is 6.10 Å². The third-order valence-corrected chi connectivity index (χ3v) is 12.3. The van der Waals surface area contributed by atoms with Crippen LogP contribution in [0.2, 0.25) is 0 Å². The van der Waals surface area contributed by atoms with Gasteiger partial charge in [0.05, 0.1) is 0 Å². The molecule has 0 radical (unpaired) electrons. The van der Waals surface area contributed by atoms with Crippen LogP contribution in [0.4, 0.5) is 0 Å². The Hall–Kier alpha value is -1.59. The summed E-state index contributed by atoms with van der Waals surface area (Å²) in [5, 5.41) is 0. The van der Waals surface area contributed by atoms with Crippen molar-refractivity contribution in [3.63, 3.8) is 0 Å². The zero-order valence-corrected chi connectivity index (χ0v) is 40.9. The van der Waals surface area contributed by atoms with Crippen LogP contribution in [0.15, 0.2) is 0 Å². The summed E-state index contributed by atoms with van der Waals surface area (Å²) in [7, 11) is 0. The highest BCUT2D eigenvalue weighted by Gasteiger charge is 2.19. The Kier molecular flexibility index (Phi) is 47.2. The van der Waals surface area contributed by atoms with E-state index in [1.165, 1.54) is 199 Å². The summed E-state index contributed by atoms with van der Waals surface area (Å²) < 4.78 is 16.8. The maximum Gasteiger partial charge on any atom is 0.306 e. The van der Waals surface area contributed by atoms with Crippen LogP contribution in [0, 0.1) is 5.92 Å². The minimum atomic E-state index is -0.760. The van der Waals surface area contributed by atoms with Crippen LogP contribution in [-0.2, 0) is 28.6 Å². The fraction of sp³-hybridized carbons (Fsp3) is 0.944. The molecule has 0 saturated heterocycles. The lowest BCUT2D eigenvalue weighted by Gasteiger charge is -2.18. The second-order valence-electron chi connectivity index (χ2n) is 19.0. The van der Waals surface area contributed by atoms with E-state index < -0.39 is 6.10 Å². The summed E-state index contributed by atoms with van der Waals surface area (Å²) in [6.45, 7) is 9.02. The van der Waals surface area contributed by atoms with Gasteiger partial charge in [-0.15, -0.1) is 0 Å². The van der Waals surface area contributed by atoms with E-state index in [0.717, 1.165) is 63.7 Å². The van der Waals surface area contributed by atoms with Gasteiger partial charge in [0, 0.05) is 19.3 Å². The minimum absolute atomic E-state index is 0.0626. The molecule has 0 aliphatic carbocycles. The molecule has 0 heterocycles. The molecule has 0 spiro atoms. The highest BCUT2D eigenvalue weighted by Crippen LogP contribution is 2.17. The fourth-order valence-electron chi connectivity index (χ4n) is 8.22. The molecule has 0 bridgehead atoms. The summed E-state index contributed by atoms with van der Waals surface area (Å²) >= 11 is 0. The van der Waals surface area contributed by atoms with Gasteiger partial charge in [-0.25, -0.2) is 0 Å². The van der Waals surface area contributed by atoms with Gasteiger partial charge in [-0.2, -0.15) is 0 Å². The van der Waals surface area contributed by atoms with Crippen LogP contribution in [-0.4, -0.2) is 37.2 Å². The molecule has 0 N–H and O–H groups in total. The van der Waals surface area contributed by atoms with Gasteiger partial charge in [-0.1, -0.05) is 265 Å². The van der Waals surface area contributed by atoms with Gasteiger partial charge in [0.1, 0.15) is 13.2 Å². The van der Waals surface area contributed by atoms with Crippen LogP contribution >= 0.6 is 0 Å². The highest BCUT2D eigenvalue weighted by atomic mass is 16.6. The summed E-state index contributed by atoms with van der Waals surface area (Å²) in [4.78, 5) is 37.9. The number of rotatable bonds is 49. The fourth-order valence-corrected chi connectivity index (χ4v) is 8.22. The van der Waals surface area contributed by atoms with Crippen molar-refractivity contribution in [2.45, 2.75) is 310 Å². The maximum atomic E-state index is 12.8. The average Bonchev–Trinajstić information content (AvgIpc) is 3.23. The third kappa shape index (κ3) is 47.5. The Balaban J connectivity index is 4.23. The Labute approximate surface area is 374 Å². The Bertz CT molecular complexity index is 903. The molecule has 0 unspecified atom stereocenters. The molecule has 0 saturated carbocycles. The van der Waals surface area contributed by atoms with Crippen LogP contribution in [0.1, 0.15) is 304 Å². The van der Waals surface area contributed by atoms with E-state index in [2.05, 4.69) is 27.7 Å². The number of ether oxygens (including phenoxy) is 3. The normalized spacial score (nSPS) is 11.9. The number of hydrogen-bond acceptors (Lipinski definition) is 6. The summed E-state index contributed by atoms with van der Waals surface area (Å²) in [5.74, 6) is -0.0126. The zero-order valence-electron chi connectivity index (χ0n) is 40.9. The summed E-state index contributed by atoms with van der Waals surface area (Å²) in [6, 6.07) is 0. The first-order chi connectivity index (χ1) is 29.4. The molecular formula is C54H104O6. The molecule has 0 aromatic rings. The van der Waals surface area contributed by atoms with Crippen molar-refractivity contribution in [3.05, 3.63) is 0 Å². The van der Waals surface area contributed by atoms with Crippen molar-refractivity contribution in [2.24, 2.45) is 5.92 Å². The second kappa shape index (κ2) is 48.4. The van der Waals surface area contributed by atoms with Crippen LogP contribution in [0.3, 0.4) is 0 Å². The van der Waals surface area contributed by atoms with E-state index in [0.29, 0.717) is 19.3 Å². The van der Waals surface area contributed by atoms with E-state index >= 15 is 0 Å². The number of carbonyl (C=O) groups is 3. The largest absolute Gasteiger partial charge is 0.462 e. The molecule has 0 aromatic heterocycles. The molecule has 0 aliphatic rings. The van der Waals surface area contributed by atoms with Gasteiger partial charge in [-0.3, -0.25) is 14.4 Å². The minimum Gasteiger partial charge on any atom is -0.462 e. The van der Waals surface area contributed by atoms with Crippen LogP contribution < -0.4 is 0 Å². The first-order valence-electron chi connectivity index (χ1n) is 26.9. The quantitative estimate of drug-likeness (QED) is 0.0345. The molecule has 6 heteroatoms. The van der Waals surface area contributed by atoms with Crippen molar-refractivity contribution in [1.29, 1.82) is 0 Å². The lowest BCUT2D eigenvalue weighted by atomic mass is 10.0. The van der Waals surface area contributed by atoms with E-state index in [4.69, 9.17) is 14.2 Å². The van der Waals surface area contributed by atoms with Gasteiger partial charge >= 0.3 is 17.9 Å². The SMILES string of the molecule is CCCCCCCCCCCCCCCCCCCCC(=O)OC[C@@H](COC(=O)CCCCCCCCCCC)OC(=O)CCCCCCCCCCCCCCC(C)C. The second-order valence-corrected chi connectivity index (χ2v) is 19.0. The van der Waals surface area contributed by atoms with Crippen molar-refractivity contribution in [3.8, 4) is 0 Å². The molecule has 356 valence electrons. The van der Waals surface area contributed by atoms with Gasteiger partial charge in [0.25, 0.3) is 0 Å². The smallest absolute Gasteiger partial charge is 0.306 e. The topological polar surface area (TPSA) is 78.9 Å². The van der Waals surface area contributed by atoms with E-state index in [1.54, 1.807) is 0 Å². The highest BCUT2D eigenvalue weighted by molar-refractivity contribution is 5.71. The lowest BCUT2D eigenvalue weighted by Crippen LogP contribution is -2.30. The maximum absolute atomic E-state index is 12.8. The van der Waals surface area contributed by atoms with Gasteiger partial charge in [-0.05, 0) is 25.2 Å². The first-order valence-corrected chi connectivity index (χ1v) is 26.9. The van der Waals surface area contributed by atoms with Crippen molar-refractivity contribution in [1.82, 2.24) is 0 Å². The molecule has 60 heavy (non-hydrogen) atoms. The lowest BCUT2D eigenvalue weighted by molar-refractivity contribution is -0.167. The number of esters is 3. The molecular weight excluding hydrogens is 745 g/mol. The van der Waals surface area contributed by atoms with Gasteiger partial charge in [0.2, 0.25) is 0 Å². The molecule has 1 atom stereocenters. The molecule has 0 aromatic carbocycles. The monoisotopic (exact) mass is 849 g/mol. The molecule has 6 nitrogen and oxygen atoms in total. The van der Waals surface area contributed by atoms with Crippen molar-refractivity contribution in [2.75, 3.05) is 13.2 Å². The number of unbranched alkanes of at least 4 members (excludes halogenated alkanes) is 36. The Morgan fingerprint density at radius 3 is 0.817 bits per heavy atom. The molecule has 0 fully saturated rings. The Morgan fingerprint density at radius 1 is 0.317 bits per heavy atom. The first kappa shape index (κ1) is 58.4. The number of carbonyl (C=O) groups excluding carboxylic acids is 3. The van der Waals surface area contributed by atoms with Gasteiger partial charge < -0.3 is 14.2 Å². The van der Waals surface area contributed by atoms with Crippen molar-refractivity contribution < 1.29 is 28.6 Å². The predicted octanol–water partition coefficient (Wildman–Crippen LogP) is 17.5. The average molecular weight is 849 g/mol. The summed E-state index contributed by atoms with van der Waals surface area (Å²) in [6.07, 6.45) is 50.9. The molecule has 0 amide bonds. The predicted molar refractivity (Wildman–Crippen MR) is 257 cm³/mol.